The average molecular weight is 385 g/mol. The van der Waals surface area contributed by atoms with E-state index in [1.807, 2.05) is 19.9 Å². The van der Waals surface area contributed by atoms with Gasteiger partial charge in [0, 0.05) is 11.1 Å². The first-order valence-corrected chi connectivity index (χ1v) is 8.86. The number of nitriles is 1. The van der Waals surface area contributed by atoms with Gasteiger partial charge in [-0.05, 0) is 48.7 Å². The first-order valence-electron chi connectivity index (χ1n) is 8.48. The molecule has 0 saturated heterocycles. The Morgan fingerprint density at radius 2 is 2.00 bits per heavy atom. The highest BCUT2D eigenvalue weighted by Gasteiger charge is 2.14. The Hall–Kier alpha value is -2.97. The van der Waals surface area contributed by atoms with E-state index in [4.69, 9.17) is 21.1 Å². The van der Waals surface area contributed by atoms with E-state index >= 15 is 0 Å². The van der Waals surface area contributed by atoms with Gasteiger partial charge in [0.1, 0.15) is 23.1 Å². The molecule has 0 aliphatic heterocycles. The summed E-state index contributed by atoms with van der Waals surface area (Å²) in [6.07, 6.45) is 2.45. The number of hydrogen-bond donors (Lipinski definition) is 1. The van der Waals surface area contributed by atoms with Crippen molar-refractivity contribution in [1.82, 2.24) is 0 Å². The smallest absolute Gasteiger partial charge is 0.266 e. The number of ether oxygens (including phenoxy) is 2. The van der Waals surface area contributed by atoms with Gasteiger partial charge in [0.05, 0.1) is 19.4 Å². The molecule has 1 N–H and O–H groups in total. The maximum absolute atomic E-state index is 12.5. The molecule has 27 heavy (non-hydrogen) atoms. The summed E-state index contributed by atoms with van der Waals surface area (Å²) in [5, 5.41) is 12.6. The number of carbonyl (C=O) groups excluding carboxylic acids is 1. The minimum atomic E-state index is -0.524. The van der Waals surface area contributed by atoms with Crippen molar-refractivity contribution in [2.45, 2.75) is 20.3 Å². The predicted octanol–water partition coefficient (Wildman–Crippen LogP) is 4.99. The molecule has 0 spiro atoms. The van der Waals surface area contributed by atoms with Gasteiger partial charge in [0.2, 0.25) is 0 Å². The lowest BCUT2D eigenvalue weighted by Crippen LogP contribution is -2.14. The summed E-state index contributed by atoms with van der Waals surface area (Å²) in [5.41, 5.74) is 1.95. The van der Waals surface area contributed by atoms with Gasteiger partial charge in [-0.25, -0.2) is 0 Å². The Balaban J connectivity index is 2.20. The maximum Gasteiger partial charge on any atom is 0.266 e. The Morgan fingerprint density at radius 3 is 2.59 bits per heavy atom. The Morgan fingerprint density at radius 1 is 1.30 bits per heavy atom. The monoisotopic (exact) mass is 384 g/mol. The number of rotatable bonds is 7. The van der Waals surface area contributed by atoms with Crippen LogP contribution in [-0.4, -0.2) is 19.6 Å². The largest absolute Gasteiger partial charge is 0.495 e. The summed E-state index contributed by atoms with van der Waals surface area (Å²) >= 11 is 6.08. The number of nitrogens with one attached hydrogen (secondary N) is 1. The molecule has 0 fully saturated rings. The van der Waals surface area contributed by atoms with Crippen LogP contribution in [0.1, 0.15) is 24.5 Å². The SMILES string of the molecule is CCCOc1ccc(/C=C(\C#N)C(=O)Nc2cc(C)c(Cl)cc2OC)cc1. The van der Waals surface area contributed by atoms with Crippen LogP contribution >= 0.6 is 11.6 Å². The molecule has 2 rings (SSSR count). The topological polar surface area (TPSA) is 71.3 Å². The molecule has 0 aliphatic carbocycles. The van der Waals surface area contributed by atoms with E-state index < -0.39 is 5.91 Å². The van der Waals surface area contributed by atoms with Gasteiger partial charge < -0.3 is 14.8 Å². The number of aryl methyl sites for hydroxylation is 1. The van der Waals surface area contributed by atoms with Gasteiger partial charge >= 0.3 is 0 Å². The van der Waals surface area contributed by atoms with E-state index in [0.29, 0.717) is 23.1 Å². The quantitative estimate of drug-likeness (QED) is 0.539. The molecule has 0 bridgehead atoms. The Bertz CT molecular complexity index is 884. The van der Waals surface area contributed by atoms with Gasteiger partial charge in [-0.3, -0.25) is 4.79 Å². The highest BCUT2D eigenvalue weighted by molar-refractivity contribution is 6.31. The minimum Gasteiger partial charge on any atom is -0.495 e. The molecule has 5 nitrogen and oxygen atoms in total. The van der Waals surface area contributed by atoms with E-state index in [9.17, 15) is 10.1 Å². The standard InChI is InChI=1S/C21H21ClN2O3/c1-4-9-27-17-7-5-15(6-8-17)11-16(13-23)21(25)24-19-10-14(2)18(22)12-20(19)26-3/h5-8,10-12H,4,9H2,1-3H3,(H,24,25)/b16-11+. The van der Waals surface area contributed by atoms with Crippen molar-refractivity contribution in [2.75, 3.05) is 19.0 Å². The number of amides is 1. The normalized spacial score (nSPS) is 10.9. The second-order valence-electron chi connectivity index (χ2n) is 5.84. The molecule has 1 amide bonds. The molecule has 0 heterocycles. The third-order valence-electron chi connectivity index (χ3n) is 3.76. The van der Waals surface area contributed by atoms with Crippen LogP contribution in [0, 0.1) is 18.3 Å². The van der Waals surface area contributed by atoms with Gasteiger partial charge in [0.15, 0.2) is 0 Å². The van der Waals surface area contributed by atoms with Gasteiger partial charge in [-0.1, -0.05) is 30.7 Å². The predicted molar refractivity (Wildman–Crippen MR) is 107 cm³/mol. The van der Waals surface area contributed by atoms with E-state index in [0.717, 1.165) is 23.3 Å². The summed E-state index contributed by atoms with van der Waals surface area (Å²) in [4.78, 5) is 12.5. The fourth-order valence-electron chi connectivity index (χ4n) is 2.31. The molecule has 0 atom stereocenters. The van der Waals surface area contributed by atoms with Crippen molar-refractivity contribution in [1.29, 1.82) is 5.26 Å². The van der Waals surface area contributed by atoms with E-state index in [-0.39, 0.29) is 5.57 Å². The summed E-state index contributed by atoms with van der Waals surface area (Å²) in [6, 6.07) is 12.5. The molecule has 2 aromatic carbocycles. The van der Waals surface area contributed by atoms with Crippen molar-refractivity contribution in [3.63, 3.8) is 0 Å². The first kappa shape index (κ1) is 20.3. The van der Waals surface area contributed by atoms with Crippen LogP contribution in [-0.2, 0) is 4.79 Å². The van der Waals surface area contributed by atoms with Crippen LogP contribution in [0.25, 0.3) is 6.08 Å². The lowest BCUT2D eigenvalue weighted by molar-refractivity contribution is -0.112. The number of nitrogens with zero attached hydrogens (tertiary/aromatic N) is 1. The molecule has 0 unspecified atom stereocenters. The fourth-order valence-corrected chi connectivity index (χ4v) is 2.47. The number of hydrogen-bond acceptors (Lipinski definition) is 4. The highest BCUT2D eigenvalue weighted by Crippen LogP contribution is 2.31. The summed E-state index contributed by atoms with van der Waals surface area (Å²) in [5.74, 6) is 0.649. The van der Waals surface area contributed by atoms with E-state index in [2.05, 4.69) is 5.32 Å². The molecule has 6 heteroatoms. The number of methoxy groups -OCH3 is 1. The molecular formula is C21H21ClN2O3. The summed E-state index contributed by atoms with van der Waals surface area (Å²) in [7, 11) is 1.49. The highest BCUT2D eigenvalue weighted by atomic mass is 35.5. The lowest BCUT2D eigenvalue weighted by atomic mass is 10.1. The second-order valence-corrected chi connectivity index (χ2v) is 6.25. The first-order chi connectivity index (χ1) is 13.0. The van der Waals surface area contributed by atoms with Gasteiger partial charge in [-0.2, -0.15) is 5.26 Å². The molecular weight excluding hydrogens is 364 g/mol. The van der Waals surface area contributed by atoms with Crippen molar-refractivity contribution < 1.29 is 14.3 Å². The van der Waals surface area contributed by atoms with Crippen LogP contribution < -0.4 is 14.8 Å². The zero-order valence-electron chi connectivity index (χ0n) is 15.5. The zero-order valence-corrected chi connectivity index (χ0v) is 16.3. The summed E-state index contributed by atoms with van der Waals surface area (Å²) < 4.78 is 10.8. The Labute approximate surface area is 164 Å². The number of anilines is 1. The third-order valence-corrected chi connectivity index (χ3v) is 4.17. The number of halogens is 1. The van der Waals surface area contributed by atoms with Crippen LogP contribution in [0.5, 0.6) is 11.5 Å². The van der Waals surface area contributed by atoms with Crippen LogP contribution in [0.3, 0.4) is 0 Å². The fraction of sp³-hybridized carbons (Fsp3) is 0.238. The third kappa shape index (κ3) is 5.50. The van der Waals surface area contributed by atoms with E-state index in [1.165, 1.54) is 13.2 Å². The number of carbonyl (C=O) groups is 1. The van der Waals surface area contributed by atoms with Gasteiger partial charge in [-0.15, -0.1) is 0 Å². The maximum atomic E-state index is 12.5. The molecule has 0 saturated carbocycles. The van der Waals surface area contributed by atoms with Crippen molar-refractivity contribution in [2.24, 2.45) is 0 Å². The van der Waals surface area contributed by atoms with Crippen molar-refractivity contribution >= 4 is 29.3 Å². The molecule has 0 aliphatic rings. The Kier molecular flexibility index (Phi) is 7.27. The molecule has 140 valence electrons. The van der Waals surface area contributed by atoms with Crippen LogP contribution in [0.4, 0.5) is 5.69 Å². The van der Waals surface area contributed by atoms with Crippen molar-refractivity contribution in [3.8, 4) is 17.6 Å². The van der Waals surface area contributed by atoms with Crippen LogP contribution in [0.2, 0.25) is 5.02 Å². The molecule has 0 radical (unpaired) electrons. The van der Waals surface area contributed by atoms with E-state index in [1.54, 1.807) is 36.4 Å². The summed E-state index contributed by atoms with van der Waals surface area (Å²) in [6.45, 7) is 4.50. The zero-order chi connectivity index (χ0) is 19.8. The lowest BCUT2D eigenvalue weighted by Gasteiger charge is -2.12. The second kappa shape index (κ2) is 9.65. The van der Waals surface area contributed by atoms with Gasteiger partial charge in [0.25, 0.3) is 5.91 Å². The molecule has 0 aromatic heterocycles. The van der Waals surface area contributed by atoms with Crippen LogP contribution in [0.15, 0.2) is 42.0 Å². The average Bonchev–Trinajstić information content (AvgIpc) is 2.67. The minimum absolute atomic E-state index is 0.0214. The number of benzene rings is 2. The van der Waals surface area contributed by atoms with Crippen molar-refractivity contribution in [3.05, 3.63) is 58.1 Å². The molecule has 2 aromatic rings.